The van der Waals surface area contributed by atoms with Gasteiger partial charge in [-0.2, -0.15) is 0 Å². The standard InChI is InChI=1S/C30H36O8/c1-17(2)25(31)35-22-12-13-29(9,16-23(22)36-26(32)18(3)4)21-11-14-30(10,38-28(34)20(7)8)24(15-21)37-27(33)19(5)6/h12,15-16,24H,1,3,5,7,11,13-14H2,2,4,6,8-10H3/p+1. The largest absolute Gasteiger partial charge is 0.518 e. The SMILES string of the molecule is C=C(C)C(=O)OC1=CC(C)(C2=CC(OC(=O)C(=C)C)C(C)(OC(=O)C(=C)C)CC2)CC=C1OC(=[OH+])C(=C)C. The topological polar surface area (TPSA) is 110 Å². The van der Waals surface area contributed by atoms with Crippen molar-refractivity contribution in [3.05, 3.63) is 83.9 Å². The minimum atomic E-state index is -1.14. The predicted molar refractivity (Wildman–Crippen MR) is 144 cm³/mol. The first kappa shape index (κ1) is 30.3. The average molecular weight is 526 g/mol. The van der Waals surface area contributed by atoms with Crippen LogP contribution >= 0.6 is 0 Å². The summed E-state index contributed by atoms with van der Waals surface area (Å²) in [6.07, 6.45) is 5.53. The van der Waals surface area contributed by atoms with E-state index in [0.717, 1.165) is 5.57 Å². The lowest BCUT2D eigenvalue weighted by molar-refractivity contribution is -0.175. The predicted octanol–water partition coefficient (Wildman–Crippen LogP) is 5.46. The number of allylic oxidation sites excluding steroid dienone is 3. The van der Waals surface area contributed by atoms with E-state index in [1.54, 1.807) is 39.0 Å². The van der Waals surface area contributed by atoms with Crippen molar-refractivity contribution in [2.75, 3.05) is 0 Å². The monoisotopic (exact) mass is 525 g/mol. The summed E-state index contributed by atoms with van der Waals surface area (Å²) >= 11 is 0. The molecule has 1 N–H and O–H groups in total. The van der Waals surface area contributed by atoms with Gasteiger partial charge in [-0.25, -0.2) is 14.4 Å². The zero-order valence-electron chi connectivity index (χ0n) is 23.1. The maximum absolute atomic E-state index is 12.5. The van der Waals surface area contributed by atoms with E-state index < -0.39 is 41.0 Å². The fourth-order valence-electron chi connectivity index (χ4n) is 3.82. The Kier molecular flexibility index (Phi) is 9.27. The van der Waals surface area contributed by atoms with Gasteiger partial charge in [-0.1, -0.05) is 38.8 Å². The van der Waals surface area contributed by atoms with Crippen molar-refractivity contribution in [2.24, 2.45) is 5.41 Å². The van der Waals surface area contributed by atoms with Gasteiger partial charge in [0.1, 0.15) is 0 Å². The van der Waals surface area contributed by atoms with Crippen LogP contribution in [-0.2, 0) is 33.3 Å². The first-order valence-corrected chi connectivity index (χ1v) is 12.2. The Balaban J connectivity index is 2.53. The summed E-state index contributed by atoms with van der Waals surface area (Å²) in [5.74, 6) is -2.02. The van der Waals surface area contributed by atoms with Crippen LogP contribution in [0.15, 0.2) is 83.9 Å². The highest BCUT2D eigenvalue weighted by molar-refractivity contribution is 5.90. The van der Waals surface area contributed by atoms with Crippen molar-refractivity contribution in [2.45, 2.75) is 72.5 Å². The van der Waals surface area contributed by atoms with Crippen LogP contribution in [0.5, 0.6) is 0 Å². The Bertz CT molecular complexity index is 1210. The fraction of sp³-hybridized carbons (Fsp3) is 0.400. The molecule has 0 saturated heterocycles. The molecule has 3 atom stereocenters. The van der Waals surface area contributed by atoms with Crippen molar-refractivity contribution in [3.63, 3.8) is 0 Å². The van der Waals surface area contributed by atoms with Gasteiger partial charge in [0, 0.05) is 22.1 Å². The fourth-order valence-corrected chi connectivity index (χ4v) is 3.82. The van der Waals surface area contributed by atoms with E-state index in [1.807, 2.05) is 6.92 Å². The van der Waals surface area contributed by atoms with Gasteiger partial charge < -0.3 is 19.0 Å². The minimum absolute atomic E-state index is 0.0953. The lowest BCUT2D eigenvalue weighted by Gasteiger charge is -2.42. The number of rotatable bonds is 9. The van der Waals surface area contributed by atoms with E-state index >= 15 is 0 Å². The summed E-state index contributed by atoms with van der Waals surface area (Å²) in [4.78, 5) is 47.3. The van der Waals surface area contributed by atoms with E-state index in [2.05, 4.69) is 26.3 Å². The maximum Gasteiger partial charge on any atom is 0.518 e. The molecule has 2 aliphatic carbocycles. The number of carbonyl (C=O) groups excluding carboxylic acids is 4. The Morgan fingerprint density at radius 1 is 0.868 bits per heavy atom. The number of esters is 4. The third kappa shape index (κ3) is 7.09. The summed E-state index contributed by atoms with van der Waals surface area (Å²) in [5, 5.41) is 0. The maximum atomic E-state index is 12.5. The molecule has 0 bridgehead atoms. The molecule has 8 nitrogen and oxygen atoms in total. The normalized spacial score (nSPS) is 24.5. The number of hydrogen-bond donors (Lipinski definition) is 0. The summed E-state index contributed by atoms with van der Waals surface area (Å²) in [5.41, 5.74) is -0.0480. The molecule has 0 heterocycles. The second-order valence-electron chi connectivity index (χ2n) is 10.3. The Morgan fingerprint density at radius 2 is 1.45 bits per heavy atom. The van der Waals surface area contributed by atoms with Gasteiger partial charge in [0.15, 0.2) is 11.7 Å². The molecule has 2 aliphatic rings. The van der Waals surface area contributed by atoms with Crippen LogP contribution in [-0.4, -0.2) is 40.4 Å². The molecule has 38 heavy (non-hydrogen) atoms. The molecule has 204 valence electrons. The van der Waals surface area contributed by atoms with Crippen LogP contribution in [0, 0.1) is 5.41 Å². The second kappa shape index (κ2) is 11.6. The zero-order valence-corrected chi connectivity index (χ0v) is 23.1. The summed E-state index contributed by atoms with van der Waals surface area (Å²) in [6, 6.07) is 0. The molecule has 0 spiro atoms. The minimum Gasteiger partial charge on any atom is -0.452 e. The summed E-state index contributed by atoms with van der Waals surface area (Å²) in [6.45, 7) is 24.4. The van der Waals surface area contributed by atoms with Crippen molar-refractivity contribution in [3.8, 4) is 0 Å². The lowest BCUT2D eigenvalue weighted by Crippen LogP contribution is -2.48. The molecule has 0 saturated carbocycles. The molecule has 0 amide bonds. The van der Waals surface area contributed by atoms with Crippen LogP contribution in [0.25, 0.3) is 0 Å². The molecule has 0 aromatic heterocycles. The van der Waals surface area contributed by atoms with Crippen molar-refractivity contribution < 1.29 is 38.1 Å². The number of hydrogen-bond acceptors (Lipinski definition) is 7. The molecule has 8 heteroatoms. The summed E-state index contributed by atoms with van der Waals surface area (Å²) in [7, 11) is 0. The highest BCUT2D eigenvalue weighted by atomic mass is 16.6. The van der Waals surface area contributed by atoms with Crippen LogP contribution in [0.3, 0.4) is 0 Å². The van der Waals surface area contributed by atoms with Crippen molar-refractivity contribution in [1.29, 1.82) is 0 Å². The van der Waals surface area contributed by atoms with Crippen LogP contribution in [0.4, 0.5) is 0 Å². The molecule has 0 radical (unpaired) electrons. The van der Waals surface area contributed by atoms with E-state index in [-0.39, 0.29) is 28.2 Å². The highest BCUT2D eigenvalue weighted by Crippen LogP contribution is 2.46. The molecular weight excluding hydrogens is 488 g/mol. The quantitative estimate of drug-likeness (QED) is 0.129. The smallest absolute Gasteiger partial charge is 0.452 e. The molecule has 0 aliphatic heterocycles. The molecule has 0 aromatic rings. The van der Waals surface area contributed by atoms with Gasteiger partial charge in [0.05, 0.1) is 5.57 Å². The third-order valence-electron chi connectivity index (χ3n) is 6.36. The van der Waals surface area contributed by atoms with Gasteiger partial charge in [-0.15, -0.1) is 0 Å². The van der Waals surface area contributed by atoms with E-state index in [0.29, 0.717) is 24.8 Å². The van der Waals surface area contributed by atoms with Gasteiger partial charge >= 0.3 is 23.9 Å². The zero-order chi connectivity index (χ0) is 29.0. The van der Waals surface area contributed by atoms with Gasteiger partial charge in [0.25, 0.3) is 5.76 Å². The Labute approximate surface area is 224 Å². The molecule has 3 unspecified atom stereocenters. The highest BCUT2D eigenvalue weighted by Gasteiger charge is 2.46. The molecule has 2 rings (SSSR count). The molecule has 0 fully saturated rings. The molecule has 0 aromatic carbocycles. The van der Waals surface area contributed by atoms with Gasteiger partial charge in [-0.3, -0.25) is 4.74 Å². The molecular formula is C30H37O8+. The van der Waals surface area contributed by atoms with Crippen LogP contribution in [0.2, 0.25) is 0 Å². The van der Waals surface area contributed by atoms with Gasteiger partial charge in [0.2, 0.25) is 5.76 Å². The first-order chi connectivity index (χ1) is 17.5. The Hall–Kier alpha value is -3.94. The van der Waals surface area contributed by atoms with Crippen LogP contribution in [0.1, 0.15) is 60.8 Å². The number of carbonyl (C=O) groups is 3. The Morgan fingerprint density at radius 3 is 1.97 bits per heavy atom. The number of ether oxygens (including phenoxy) is 4. The van der Waals surface area contributed by atoms with Crippen LogP contribution < -0.4 is 0 Å². The van der Waals surface area contributed by atoms with Crippen molar-refractivity contribution in [1.82, 2.24) is 0 Å². The van der Waals surface area contributed by atoms with E-state index in [1.165, 1.54) is 13.8 Å². The van der Waals surface area contributed by atoms with E-state index in [4.69, 9.17) is 18.9 Å². The lowest BCUT2D eigenvalue weighted by atomic mass is 9.69. The third-order valence-corrected chi connectivity index (χ3v) is 6.36. The summed E-state index contributed by atoms with van der Waals surface area (Å²) < 4.78 is 22.5. The second-order valence-corrected chi connectivity index (χ2v) is 10.3. The van der Waals surface area contributed by atoms with Gasteiger partial charge in [-0.05, 0) is 72.1 Å². The average Bonchev–Trinajstić information content (AvgIpc) is 2.81. The van der Waals surface area contributed by atoms with E-state index in [9.17, 15) is 19.2 Å². The van der Waals surface area contributed by atoms with Crippen molar-refractivity contribution >= 4 is 23.9 Å². The first-order valence-electron chi connectivity index (χ1n) is 12.2.